The first-order valence-electron chi connectivity index (χ1n) is 26.7. The molecule has 0 spiro atoms. The highest BCUT2D eigenvalue weighted by Gasteiger charge is 2.58. The number of aromatic nitrogens is 2. The fourth-order valence-corrected chi connectivity index (χ4v) is 17.2. The third-order valence-electron chi connectivity index (χ3n) is 21.1. The van der Waals surface area contributed by atoms with Crippen molar-refractivity contribution >= 4 is 23.2 Å². The van der Waals surface area contributed by atoms with Crippen molar-refractivity contribution in [3.8, 4) is 0 Å². The average Bonchev–Trinajstić information content (AvgIpc) is 3.89. The van der Waals surface area contributed by atoms with Crippen molar-refractivity contribution in [2.75, 3.05) is 26.3 Å². The first-order valence-corrected chi connectivity index (χ1v) is 26.7. The van der Waals surface area contributed by atoms with Gasteiger partial charge in [0.05, 0.1) is 19.1 Å². The van der Waals surface area contributed by atoms with Crippen molar-refractivity contribution in [2.24, 2.45) is 74.9 Å². The van der Waals surface area contributed by atoms with Gasteiger partial charge < -0.3 is 14.4 Å². The number of esters is 1. The zero-order chi connectivity index (χ0) is 45.3. The lowest BCUT2D eigenvalue weighted by Gasteiger charge is -2.58. The maximum absolute atomic E-state index is 13.3. The number of nitrogens with zero attached hydrogens (tertiary/aromatic N) is 3. The summed E-state index contributed by atoms with van der Waals surface area (Å²) in [5.74, 6) is 5.42. The summed E-state index contributed by atoms with van der Waals surface area (Å²) in [6.07, 6.45) is 38.5. The third-order valence-corrected chi connectivity index (χ3v) is 21.1. The monoisotopic (exact) mass is 892 g/mol. The molecule has 7 heteroatoms. The van der Waals surface area contributed by atoms with Gasteiger partial charge in [-0.3, -0.25) is 14.8 Å². The number of ether oxygens (including phenoxy) is 2. The number of allylic oxidation sites excluding steroid dienone is 8. The number of amides is 1. The van der Waals surface area contributed by atoms with E-state index in [0.29, 0.717) is 67.7 Å². The zero-order valence-corrected chi connectivity index (χ0v) is 40.7. The zero-order valence-electron chi connectivity index (χ0n) is 40.7. The summed E-state index contributed by atoms with van der Waals surface area (Å²) in [4.78, 5) is 37.2. The van der Waals surface area contributed by atoms with Crippen molar-refractivity contribution < 1.29 is 19.1 Å². The van der Waals surface area contributed by atoms with E-state index in [1.54, 1.807) is 16.7 Å². The van der Waals surface area contributed by atoms with E-state index in [4.69, 9.17) is 9.47 Å². The van der Waals surface area contributed by atoms with Crippen molar-refractivity contribution in [1.82, 2.24) is 14.9 Å². The second kappa shape index (κ2) is 17.5. The molecule has 3 heterocycles. The van der Waals surface area contributed by atoms with Crippen LogP contribution in [0, 0.1) is 74.9 Å². The first-order chi connectivity index (χ1) is 32.0. The molecule has 11 rings (SSSR count). The van der Waals surface area contributed by atoms with Gasteiger partial charge in [0.25, 0.3) is 0 Å². The van der Waals surface area contributed by atoms with Crippen LogP contribution in [0.25, 0.3) is 11.1 Å². The molecule has 1 aliphatic heterocycles. The molecule has 2 aromatic rings. The molecule has 1 amide bonds. The summed E-state index contributed by atoms with van der Waals surface area (Å²) in [5, 5.41) is 0. The Balaban J connectivity index is 0.596. The van der Waals surface area contributed by atoms with Crippen LogP contribution in [0.2, 0.25) is 0 Å². The number of rotatable bonds is 9. The molecule has 0 N–H and O–H groups in total. The molecule has 66 heavy (non-hydrogen) atoms. The smallest absolute Gasteiger partial charge is 0.409 e. The van der Waals surface area contributed by atoms with Crippen LogP contribution >= 0.6 is 0 Å². The molecule has 12 atom stereocenters. The number of carbonyl (C=O) groups excluding carboxylic acids is 2. The van der Waals surface area contributed by atoms with Gasteiger partial charge in [0.2, 0.25) is 0 Å². The Labute approximate surface area is 395 Å². The van der Waals surface area contributed by atoms with Gasteiger partial charge in [0.1, 0.15) is 0 Å². The van der Waals surface area contributed by atoms with Crippen LogP contribution in [0.4, 0.5) is 4.79 Å². The Bertz CT molecular complexity index is 2120. The van der Waals surface area contributed by atoms with Gasteiger partial charge in [-0.25, -0.2) is 4.79 Å². The van der Waals surface area contributed by atoms with Gasteiger partial charge >= 0.3 is 12.1 Å². The van der Waals surface area contributed by atoms with Crippen LogP contribution in [-0.2, 0) is 14.3 Å². The van der Waals surface area contributed by atoms with E-state index in [-0.39, 0.29) is 28.8 Å². The second-order valence-electron chi connectivity index (χ2n) is 24.0. The van der Waals surface area contributed by atoms with E-state index in [0.717, 1.165) is 55.3 Å². The van der Waals surface area contributed by atoms with E-state index in [1.807, 2.05) is 17.3 Å². The van der Waals surface area contributed by atoms with E-state index >= 15 is 0 Å². The van der Waals surface area contributed by atoms with Crippen molar-refractivity contribution in [3.05, 3.63) is 95.6 Å². The van der Waals surface area contributed by atoms with Gasteiger partial charge in [-0.1, -0.05) is 75.3 Å². The van der Waals surface area contributed by atoms with Crippen LogP contribution in [0.5, 0.6) is 0 Å². The Hall–Kier alpha value is -4.00. The van der Waals surface area contributed by atoms with Crippen molar-refractivity contribution in [1.29, 1.82) is 0 Å². The Morgan fingerprint density at radius 2 is 1.08 bits per heavy atom. The lowest BCUT2D eigenvalue weighted by molar-refractivity contribution is -0.150. The summed E-state index contributed by atoms with van der Waals surface area (Å²) < 4.78 is 11.9. The Morgan fingerprint density at radius 1 is 0.591 bits per heavy atom. The van der Waals surface area contributed by atoms with Crippen LogP contribution in [-0.4, -0.2) is 53.2 Å². The fraction of sp³-hybridized carbons (Fsp3) is 0.661. The highest BCUT2D eigenvalue weighted by molar-refractivity contribution is 5.74. The molecule has 0 aromatic carbocycles. The number of likely N-dealkylation sites (tertiary alicyclic amines) is 1. The van der Waals surface area contributed by atoms with Gasteiger partial charge in [0.15, 0.2) is 0 Å². The third kappa shape index (κ3) is 7.58. The molecule has 0 bridgehead atoms. The van der Waals surface area contributed by atoms with E-state index in [2.05, 4.69) is 98.6 Å². The number of carbonyl (C=O) groups is 2. The maximum Gasteiger partial charge on any atom is 0.409 e. The largest absolute Gasteiger partial charge is 0.465 e. The minimum Gasteiger partial charge on any atom is -0.465 e. The van der Waals surface area contributed by atoms with Crippen LogP contribution in [0.15, 0.2) is 84.5 Å². The number of hydrogen-bond acceptors (Lipinski definition) is 6. The molecule has 9 aliphatic rings. The summed E-state index contributed by atoms with van der Waals surface area (Å²) >= 11 is 0. The molecular weight excluding hydrogens is 815 g/mol. The normalized spacial score (nSPS) is 39.3. The van der Waals surface area contributed by atoms with E-state index in [9.17, 15) is 9.59 Å². The topological polar surface area (TPSA) is 81.6 Å². The molecular formula is C59H77N3O4. The molecule has 7 nitrogen and oxygen atoms in total. The van der Waals surface area contributed by atoms with Crippen LogP contribution in [0.1, 0.15) is 154 Å². The molecule has 352 valence electrons. The molecule has 0 unspecified atom stereocenters. The Kier molecular flexibility index (Phi) is 11.8. The highest BCUT2D eigenvalue weighted by Crippen LogP contribution is 2.68. The highest BCUT2D eigenvalue weighted by atomic mass is 16.6. The lowest BCUT2D eigenvalue weighted by atomic mass is 9.47. The average molecular weight is 892 g/mol. The minimum absolute atomic E-state index is 0.0752. The molecule has 5 fully saturated rings. The van der Waals surface area contributed by atoms with Crippen LogP contribution < -0.4 is 0 Å². The first kappa shape index (κ1) is 44.5. The number of hydrogen-bond donors (Lipinski definition) is 0. The number of fused-ring (bicyclic) bond motifs is 10. The quantitative estimate of drug-likeness (QED) is 0.184. The molecule has 0 radical (unpaired) electrons. The lowest BCUT2D eigenvalue weighted by Crippen LogP contribution is -2.49. The second-order valence-corrected chi connectivity index (χ2v) is 24.0. The van der Waals surface area contributed by atoms with Gasteiger partial charge in [0, 0.05) is 37.9 Å². The molecule has 4 saturated carbocycles. The minimum atomic E-state index is -0.215. The fourth-order valence-electron chi connectivity index (χ4n) is 17.2. The number of piperidine rings is 1. The van der Waals surface area contributed by atoms with Crippen molar-refractivity contribution in [3.63, 3.8) is 0 Å². The standard InChI is InChI=1S/C59H77N3O4/c1-56-25-17-39(35-44(56)9-11-46-50-15-13-48(42-7-5-29-60-37-42)58(50,3)27-19-52(46)56)23-33-65-54(63)41-21-31-62(32-22-41)55(64)66-34-24-40-18-26-57(2)45(36-40)10-12-47-51-16-14-49(43-8-6-30-61-38-43)59(51,4)28-20-53(47)57/h5-10,13-14,29-30,37-41,46-47,50-53H,11-12,15-28,31-36H2,1-4H3/t39-,40-,46+,47+,50+,51+,52+,53+,56+,57+,58-,59-/m1/s1. The van der Waals surface area contributed by atoms with Gasteiger partial charge in [-0.15, -0.1) is 0 Å². The molecule has 1 saturated heterocycles. The predicted molar refractivity (Wildman–Crippen MR) is 261 cm³/mol. The van der Waals surface area contributed by atoms with Gasteiger partial charge in [-0.2, -0.15) is 0 Å². The summed E-state index contributed by atoms with van der Waals surface area (Å²) in [6.45, 7) is 12.4. The summed E-state index contributed by atoms with van der Waals surface area (Å²) in [5.41, 5.74) is 10.2. The summed E-state index contributed by atoms with van der Waals surface area (Å²) in [7, 11) is 0. The SMILES string of the molecule is C[C@]12CC[C@H](CCOC(=O)C3CCN(C(=O)OCC[C@H]4CC[C@@]5(C)C(=CC[C@@H]6[C@@H]5CC[C@]5(C)C(c7cccnc7)=CC[C@@H]65)C4)CC3)CC1=CC[C@@H]1[C@@H]2CC[C@]2(C)C(c3cccnc3)=CC[C@@H]12. The van der Waals surface area contributed by atoms with E-state index in [1.165, 1.54) is 93.7 Å². The molecule has 8 aliphatic carbocycles. The number of pyridine rings is 2. The van der Waals surface area contributed by atoms with Crippen molar-refractivity contribution in [2.45, 2.75) is 143 Å². The maximum atomic E-state index is 13.3. The van der Waals surface area contributed by atoms with Gasteiger partial charge in [-0.05, 0) is 219 Å². The predicted octanol–water partition coefficient (Wildman–Crippen LogP) is 13.5. The summed E-state index contributed by atoms with van der Waals surface area (Å²) in [6, 6.07) is 8.68. The van der Waals surface area contributed by atoms with Crippen LogP contribution in [0.3, 0.4) is 0 Å². The van der Waals surface area contributed by atoms with E-state index < -0.39 is 0 Å². The Morgan fingerprint density at radius 3 is 1.56 bits per heavy atom. The molecule has 2 aromatic heterocycles.